The minimum Gasteiger partial charge on any atom is -0.481 e. The predicted molar refractivity (Wildman–Crippen MR) is 156 cm³/mol. The van der Waals surface area contributed by atoms with Gasteiger partial charge in [0.2, 0.25) is 0 Å². The summed E-state index contributed by atoms with van der Waals surface area (Å²) < 4.78 is 12.0. The van der Waals surface area contributed by atoms with E-state index >= 15 is 0 Å². The van der Waals surface area contributed by atoms with Crippen molar-refractivity contribution >= 4 is 23.0 Å². The lowest BCUT2D eigenvalue weighted by atomic mass is 10.1. The second-order valence-corrected chi connectivity index (χ2v) is 9.92. The zero-order chi connectivity index (χ0) is 29.2. The first-order valence-corrected chi connectivity index (χ1v) is 13.5. The number of carbonyl (C=O) groups is 1. The molecule has 0 saturated carbocycles. The highest BCUT2D eigenvalue weighted by atomic mass is 16.5. The van der Waals surface area contributed by atoms with Gasteiger partial charge in [0.25, 0.3) is 0 Å². The molecule has 218 valence electrons. The van der Waals surface area contributed by atoms with Crippen LogP contribution in [0.4, 0.5) is 5.82 Å². The number of methoxy groups -OCH3 is 1. The van der Waals surface area contributed by atoms with Gasteiger partial charge in [-0.3, -0.25) is 9.36 Å². The van der Waals surface area contributed by atoms with Gasteiger partial charge in [-0.25, -0.2) is 4.79 Å². The molecule has 2 heterocycles. The number of imidazole rings is 1. The Morgan fingerprint density at radius 1 is 1.10 bits per heavy atom. The Kier molecular flexibility index (Phi) is 10.4. The first kappa shape index (κ1) is 29.7. The number of hydrogen-bond donors (Lipinski definition) is 4. The summed E-state index contributed by atoms with van der Waals surface area (Å²) in [7, 11) is 3.66. The van der Waals surface area contributed by atoms with Crippen molar-refractivity contribution in [3.8, 4) is 6.01 Å². The summed E-state index contributed by atoms with van der Waals surface area (Å²) in [4.78, 5) is 37.1. The van der Waals surface area contributed by atoms with Crippen LogP contribution < -0.4 is 21.5 Å². The second kappa shape index (κ2) is 14.4. The number of nitrogens with one attached hydrogen (secondary N) is 2. The number of ether oxygens (including phenoxy) is 2. The average Bonchev–Trinajstić information content (AvgIpc) is 3.25. The number of carboxylic acid groups (broad SMARTS) is 1. The molecule has 5 N–H and O–H groups in total. The maximum absolute atomic E-state index is 12.7. The minimum absolute atomic E-state index is 0.0389. The zero-order valence-electron chi connectivity index (χ0n) is 23.4. The zero-order valence-corrected chi connectivity index (χ0v) is 23.4. The molecule has 0 saturated heterocycles. The topological polar surface area (TPSA) is 161 Å². The lowest BCUT2D eigenvalue weighted by molar-refractivity contribution is -0.136. The predicted octanol–water partition coefficient (Wildman–Crippen LogP) is 2.01. The molecule has 2 aromatic heterocycles. The van der Waals surface area contributed by atoms with Crippen LogP contribution in [0.1, 0.15) is 28.7 Å². The molecule has 4 aromatic rings. The molecule has 0 aliphatic rings. The summed E-state index contributed by atoms with van der Waals surface area (Å²) >= 11 is 0. The number of H-pyrrole nitrogens is 1. The van der Waals surface area contributed by atoms with Crippen molar-refractivity contribution in [1.29, 1.82) is 0 Å². The third kappa shape index (κ3) is 8.61. The maximum Gasteiger partial charge on any atom is 0.328 e. The highest BCUT2D eigenvalue weighted by molar-refractivity contribution is 5.82. The van der Waals surface area contributed by atoms with Gasteiger partial charge >= 0.3 is 17.7 Å². The maximum atomic E-state index is 12.7. The number of nitrogen functional groups attached to an aromatic ring is 1. The number of hydrogen-bond acceptors (Lipinski definition) is 9. The van der Waals surface area contributed by atoms with Crippen LogP contribution in [-0.2, 0) is 35.6 Å². The van der Waals surface area contributed by atoms with E-state index in [0.717, 1.165) is 42.7 Å². The van der Waals surface area contributed by atoms with Crippen molar-refractivity contribution in [1.82, 2.24) is 29.7 Å². The number of benzene rings is 2. The van der Waals surface area contributed by atoms with E-state index in [1.165, 1.54) is 10.1 Å². The first-order valence-electron chi connectivity index (χ1n) is 13.5. The van der Waals surface area contributed by atoms with Crippen molar-refractivity contribution in [2.24, 2.45) is 0 Å². The molecular weight excluding hydrogens is 526 g/mol. The van der Waals surface area contributed by atoms with E-state index in [1.54, 1.807) is 7.11 Å². The van der Waals surface area contributed by atoms with E-state index in [9.17, 15) is 9.59 Å². The van der Waals surface area contributed by atoms with Gasteiger partial charge in [0.05, 0.1) is 19.6 Å². The van der Waals surface area contributed by atoms with Gasteiger partial charge in [-0.05, 0) is 48.8 Å². The van der Waals surface area contributed by atoms with E-state index < -0.39 is 5.97 Å². The molecule has 12 heteroatoms. The summed E-state index contributed by atoms with van der Waals surface area (Å²) in [5.74, 6) is -0.672. The van der Waals surface area contributed by atoms with E-state index in [1.807, 2.05) is 36.4 Å². The van der Waals surface area contributed by atoms with Crippen molar-refractivity contribution in [2.75, 3.05) is 46.2 Å². The van der Waals surface area contributed by atoms with Crippen molar-refractivity contribution in [3.63, 3.8) is 0 Å². The van der Waals surface area contributed by atoms with Crippen molar-refractivity contribution in [2.45, 2.75) is 32.5 Å². The van der Waals surface area contributed by atoms with E-state index in [4.69, 9.17) is 20.3 Å². The monoisotopic (exact) mass is 563 g/mol. The number of nitrogens with zero attached hydrogens (tertiary/aromatic N) is 4. The Hall–Kier alpha value is -4.26. The number of aromatic nitrogens is 4. The van der Waals surface area contributed by atoms with Crippen molar-refractivity contribution < 1.29 is 19.4 Å². The highest BCUT2D eigenvalue weighted by Crippen LogP contribution is 2.19. The largest absolute Gasteiger partial charge is 0.481 e. The molecule has 0 unspecified atom stereocenters. The molecule has 41 heavy (non-hydrogen) atoms. The quantitative estimate of drug-likeness (QED) is 0.148. The number of carboxylic acids is 1. The minimum atomic E-state index is -0.822. The Morgan fingerprint density at radius 2 is 1.85 bits per heavy atom. The van der Waals surface area contributed by atoms with E-state index in [2.05, 4.69) is 44.3 Å². The van der Waals surface area contributed by atoms with Crippen LogP contribution in [0.2, 0.25) is 0 Å². The normalized spacial score (nSPS) is 11.4. The standard InChI is InChI=1S/C29H37N7O5/c1-35(12-4-11-31-17-23-6-3-5-22(15-23)16-24(37)38)18-20-7-9-21(10-8-20)19-36-27-25(32-29(36)39)26(30)33-28(34-27)41-14-13-40-2/h3,5-10,15,31H,4,11-14,16-19H2,1-2H3,(H,32,39)(H,37,38)(H2,30,33,34). The van der Waals surface area contributed by atoms with Crippen LogP contribution in [0, 0.1) is 0 Å². The fourth-order valence-electron chi connectivity index (χ4n) is 4.51. The molecular formula is C29H37N7O5. The van der Waals surface area contributed by atoms with Crippen LogP contribution in [0.25, 0.3) is 11.2 Å². The Balaban J connectivity index is 1.26. The summed E-state index contributed by atoms with van der Waals surface area (Å²) in [5, 5.41) is 12.4. The molecule has 0 spiro atoms. The molecule has 4 rings (SSSR count). The molecule has 12 nitrogen and oxygen atoms in total. The number of fused-ring (bicyclic) bond motifs is 1. The van der Waals surface area contributed by atoms with Gasteiger partial charge < -0.3 is 35.5 Å². The molecule has 2 aromatic carbocycles. The fourth-order valence-corrected chi connectivity index (χ4v) is 4.51. The number of rotatable bonds is 16. The molecule has 0 aliphatic carbocycles. The van der Waals surface area contributed by atoms with Crippen molar-refractivity contribution in [3.05, 3.63) is 81.3 Å². The summed E-state index contributed by atoms with van der Waals surface area (Å²) in [5.41, 5.74) is 10.5. The molecule has 0 aliphatic heterocycles. The molecule has 0 radical (unpaired) electrons. The lowest BCUT2D eigenvalue weighted by Crippen LogP contribution is -2.23. The molecule has 0 fully saturated rings. The highest BCUT2D eigenvalue weighted by Gasteiger charge is 2.15. The van der Waals surface area contributed by atoms with Gasteiger partial charge in [0.15, 0.2) is 11.5 Å². The number of anilines is 1. The SMILES string of the molecule is COCCOc1nc(N)c2[nH]c(=O)n(Cc3ccc(CN(C)CCCNCc4cccc(CC(=O)O)c4)cc3)c2n1. The molecule has 0 amide bonds. The Morgan fingerprint density at radius 3 is 2.61 bits per heavy atom. The fraction of sp³-hybridized carbons (Fsp3) is 0.379. The third-order valence-corrected chi connectivity index (χ3v) is 6.53. The van der Waals surface area contributed by atoms with E-state index in [0.29, 0.717) is 30.9 Å². The lowest BCUT2D eigenvalue weighted by Gasteiger charge is -2.17. The molecule has 0 atom stereocenters. The number of aromatic amines is 1. The van der Waals surface area contributed by atoms with E-state index in [-0.39, 0.29) is 30.5 Å². The Bertz CT molecular complexity index is 1500. The number of nitrogens with two attached hydrogens (primary N) is 1. The van der Waals surface area contributed by atoms with Crippen LogP contribution in [0.5, 0.6) is 6.01 Å². The molecule has 0 bridgehead atoms. The third-order valence-electron chi connectivity index (χ3n) is 6.53. The van der Waals surface area contributed by atoms with Gasteiger partial charge in [-0.15, -0.1) is 0 Å². The summed E-state index contributed by atoms with van der Waals surface area (Å²) in [6.07, 6.45) is 1.02. The second-order valence-electron chi connectivity index (χ2n) is 9.92. The van der Waals surface area contributed by atoms with Crippen LogP contribution in [-0.4, -0.2) is 76.0 Å². The van der Waals surface area contributed by atoms with Crippen LogP contribution >= 0.6 is 0 Å². The van der Waals surface area contributed by atoms with Crippen LogP contribution in [0.15, 0.2) is 53.3 Å². The van der Waals surface area contributed by atoms with Gasteiger partial charge in [-0.1, -0.05) is 48.5 Å². The van der Waals surface area contributed by atoms with Gasteiger partial charge in [0, 0.05) is 20.2 Å². The van der Waals surface area contributed by atoms with Crippen LogP contribution in [0.3, 0.4) is 0 Å². The summed E-state index contributed by atoms with van der Waals surface area (Å²) in [6, 6.07) is 15.9. The Labute approximate surface area is 238 Å². The van der Waals surface area contributed by atoms with Gasteiger partial charge in [-0.2, -0.15) is 9.97 Å². The smallest absolute Gasteiger partial charge is 0.328 e. The first-order chi connectivity index (χ1) is 19.8. The van der Waals surface area contributed by atoms with Gasteiger partial charge in [0.1, 0.15) is 12.1 Å². The number of aliphatic carboxylic acids is 1. The average molecular weight is 564 g/mol. The summed E-state index contributed by atoms with van der Waals surface area (Å²) in [6.45, 7) is 4.27.